The van der Waals surface area contributed by atoms with Crippen LogP contribution in [0.2, 0.25) is 0 Å². The number of pyridine rings is 2. The van der Waals surface area contributed by atoms with Crippen molar-refractivity contribution in [3.63, 3.8) is 0 Å². The maximum Gasteiger partial charge on any atom is 0.112 e. The van der Waals surface area contributed by atoms with E-state index in [2.05, 4.69) is 50.4 Å². The molecule has 0 spiro atoms. The molecular formula is C16H21BrN4. The largest absolute Gasteiger partial charge is 0.382 e. The molecular weight excluding hydrogens is 328 g/mol. The minimum Gasteiger partial charge on any atom is -0.382 e. The third kappa shape index (κ3) is 3.19. The van der Waals surface area contributed by atoms with Crippen LogP contribution >= 0.6 is 15.9 Å². The van der Waals surface area contributed by atoms with E-state index >= 15 is 0 Å². The Hall–Kier alpha value is -1.20. The lowest BCUT2D eigenvalue weighted by molar-refractivity contribution is 0.188. The van der Waals surface area contributed by atoms with Crippen molar-refractivity contribution < 1.29 is 0 Å². The molecule has 0 amide bonds. The van der Waals surface area contributed by atoms with E-state index in [0.29, 0.717) is 11.5 Å². The van der Waals surface area contributed by atoms with Crippen molar-refractivity contribution >= 4 is 32.7 Å². The van der Waals surface area contributed by atoms with E-state index in [-0.39, 0.29) is 0 Å². The number of halogens is 1. The minimum absolute atomic E-state index is 0.324. The van der Waals surface area contributed by atoms with Crippen LogP contribution in [0.25, 0.3) is 11.0 Å². The van der Waals surface area contributed by atoms with Gasteiger partial charge in [-0.25, -0.2) is 0 Å². The van der Waals surface area contributed by atoms with Gasteiger partial charge < -0.3 is 10.6 Å². The Morgan fingerprint density at radius 3 is 3.10 bits per heavy atom. The number of hydrogen-bond acceptors (Lipinski definition) is 4. The van der Waals surface area contributed by atoms with Gasteiger partial charge in [0.05, 0.1) is 11.2 Å². The van der Waals surface area contributed by atoms with E-state index in [1.165, 1.54) is 12.8 Å². The molecule has 5 heteroatoms. The van der Waals surface area contributed by atoms with Gasteiger partial charge in [0.15, 0.2) is 0 Å². The molecule has 21 heavy (non-hydrogen) atoms. The summed E-state index contributed by atoms with van der Waals surface area (Å²) < 4.78 is 0.953. The molecule has 2 aromatic heterocycles. The quantitative estimate of drug-likeness (QED) is 0.889. The third-order valence-corrected chi connectivity index (χ3v) is 4.81. The van der Waals surface area contributed by atoms with Crippen LogP contribution in [-0.4, -0.2) is 29.1 Å². The molecule has 0 saturated carbocycles. The summed E-state index contributed by atoms with van der Waals surface area (Å²) >= 11 is 3.44. The first-order valence-corrected chi connectivity index (χ1v) is 8.23. The molecule has 3 heterocycles. The van der Waals surface area contributed by atoms with E-state index < -0.39 is 0 Å². The lowest BCUT2D eigenvalue weighted by Gasteiger charge is -2.39. The zero-order valence-corrected chi connectivity index (χ0v) is 14.1. The van der Waals surface area contributed by atoms with E-state index in [1.54, 1.807) is 0 Å². The molecule has 1 atom stereocenters. The molecule has 1 unspecified atom stereocenters. The van der Waals surface area contributed by atoms with E-state index in [9.17, 15) is 0 Å². The Kier molecular flexibility index (Phi) is 4.13. The highest BCUT2D eigenvalue weighted by atomic mass is 79.9. The highest BCUT2D eigenvalue weighted by Gasteiger charge is 2.31. The third-order valence-electron chi connectivity index (χ3n) is 4.37. The molecule has 2 aromatic rings. The summed E-state index contributed by atoms with van der Waals surface area (Å²) in [5.74, 6) is 0. The summed E-state index contributed by atoms with van der Waals surface area (Å²) in [6, 6.07) is 4.47. The smallest absolute Gasteiger partial charge is 0.112 e. The van der Waals surface area contributed by atoms with Gasteiger partial charge in [-0.2, -0.15) is 0 Å². The summed E-state index contributed by atoms with van der Waals surface area (Å²) in [5.41, 5.74) is 3.21. The summed E-state index contributed by atoms with van der Waals surface area (Å²) in [5, 5.41) is 7.18. The van der Waals surface area contributed by atoms with Gasteiger partial charge in [0, 0.05) is 29.5 Å². The first-order chi connectivity index (χ1) is 10.1. The van der Waals surface area contributed by atoms with Crippen LogP contribution in [0.3, 0.4) is 0 Å². The molecule has 3 rings (SSSR count). The van der Waals surface area contributed by atoms with Crippen molar-refractivity contribution in [1.29, 1.82) is 0 Å². The van der Waals surface area contributed by atoms with Crippen molar-refractivity contribution in [2.24, 2.45) is 5.41 Å². The molecule has 0 radical (unpaired) electrons. The molecule has 112 valence electrons. The summed E-state index contributed by atoms with van der Waals surface area (Å²) in [6.07, 6.45) is 6.18. The number of piperidine rings is 1. The van der Waals surface area contributed by atoms with Gasteiger partial charge in [-0.05, 0) is 52.9 Å². The minimum atomic E-state index is 0.324. The molecule has 4 nitrogen and oxygen atoms in total. The van der Waals surface area contributed by atoms with Gasteiger partial charge >= 0.3 is 0 Å². The fourth-order valence-corrected chi connectivity index (χ4v) is 3.30. The van der Waals surface area contributed by atoms with E-state index in [1.807, 2.05) is 24.5 Å². The SMILES string of the molecule is CC1(C)CCCNC1CNc1ccnc2cc(Br)cnc12. The molecule has 0 aliphatic carbocycles. The lowest BCUT2D eigenvalue weighted by Crippen LogP contribution is -2.50. The van der Waals surface area contributed by atoms with Gasteiger partial charge in [0.1, 0.15) is 5.52 Å². The second-order valence-corrected chi connectivity index (χ2v) is 7.28. The van der Waals surface area contributed by atoms with Crippen LogP contribution in [0.4, 0.5) is 5.69 Å². The number of nitrogens with one attached hydrogen (secondary N) is 2. The van der Waals surface area contributed by atoms with Gasteiger partial charge in [-0.3, -0.25) is 9.97 Å². The predicted octanol–water partition coefficient (Wildman–Crippen LogP) is 3.58. The molecule has 2 N–H and O–H groups in total. The zero-order chi connectivity index (χ0) is 14.9. The number of hydrogen-bond donors (Lipinski definition) is 2. The van der Waals surface area contributed by atoms with Crippen molar-refractivity contribution in [2.75, 3.05) is 18.4 Å². The highest BCUT2D eigenvalue weighted by Crippen LogP contribution is 2.30. The first kappa shape index (κ1) is 14.7. The number of nitrogens with zero attached hydrogens (tertiary/aromatic N) is 2. The maximum absolute atomic E-state index is 4.49. The van der Waals surface area contributed by atoms with Crippen LogP contribution < -0.4 is 10.6 Å². The standard InChI is InChI=1S/C16H21BrN4/c1-16(2)5-3-6-19-14(16)10-20-12-4-7-18-13-8-11(17)9-21-15(12)13/h4,7-9,14,19H,3,5-6,10H2,1-2H3,(H,18,20). The monoisotopic (exact) mass is 348 g/mol. The van der Waals surface area contributed by atoms with Gasteiger partial charge in [0.2, 0.25) is 0 Å². The average molecular weight is 349 g/mol. The fraction of sp³-hybridized carbons (Fsp3) is 0.500. The van der Waals surface area contributed by atoms with Crippen LogP contribution in [-0.2, 0) is 0 Å². The number of aromatic nitrogens is 2. The Morgan fingerprint density at radius 1 is 1.43 bits per heavy atom. The predicted molar refractivity (Wildman–Crippen MR) is 90.5 cm³/mol. The number of rotatable bonds is 3. The van der Waals surface area contributed by atoms with Crippen molar-refractivity contribution in [1.82, 2.24) is 15.3 Å². The Balaban J connectivity index is 1.79. The van der Waals surface area contributed by atoms with Crippen LogP contribution in [0, 0.1) is 5.41 Å². The van der Waals surface area contributed by atoms with Crippen LogP contribution in [0.1, 0.15) is 26.7 Å². The van der Waals surface area contributed by atoms with Crippen molar-refractivity contribution in [2.45, 2.75) is 32.7 Å². The van der Waals surface area contributed by atoms with Gasteiger partial charge in [0.25, 0.3) is 0 Å². The fourth-order valence-electron chi connectivity index (χ4n) is 2.98. The van der Waals surface area contributed by atoms with E-state index in [0.717, 1.165) is 34.3 Å². The molecule has 1 aliphatic rings. The second-order valence-electron chi connectivity index (χ2n) is 6.36. The normalized spacial score (nSPS) is 21.4. The highest BCUT2D eigenvalue weighted by molar-refractivity contribution is 9.10. The molecule has 1 saturated heterocycles. The zero-order valence-electron chi connectivity index (χ0n) is 12.5. The topological polar surface area (TPSA) is 49.8 Å². The first-order valence-electron chi connectivity index (χ1n) is 7.44. The van der Waals surface area contributed by atoms with Crippen molar-refractivity contribution in [3.8, 4) is 0 Å². The average Bonchev–Trinajstić information content (AvgIpc) is 2.45. The van der Waals surface area contributed by atoms with Gasteiger partial charge in [-0.15, -0.1) is 0 Å². The number of fused-ring (bicyclic) bond motifs is 1. The van der Waals surface area contributed by atoms with E-state index in [4.69, 9.17) is 0 Å². The summed E-state index contributed by atoms with van der Waals surface area (Å²) in [6.45, 7) is 6.69. The van der Waals surface area contributed by atoms with Crippen molar-refractivity contribution in [3.05, 3.63) is 29.0 Å². The van der Waals surface area contributed by atoms with Gasteiger partial charge in [-0.1, -0.05) is 13.8 Å². The molecule has 1 aliphatic heterocycles. The van der Waals surface area contributed by atoms with Crippen LogP contribution in [0.5, 0.6) is 0 Å². The molecule has 1 fully saturated rings. The number of anilines is 1. The Labute approximate surface area is 133 Å². The maximum atomic E-state index is 4.49. The van der Waals surface area contributed by atoms with Crippen LogP contribution in [0.15, 0.2) is 29.0 Å². The molecule has 0 bridgehead atoms. The Bertz CT molecular complexity index is 641. The Morgan fingerprint density at radius 2 is 2.29 bits per heavy atom. The summed E-state index contributed by atoms with van der Waals surface area (Å²) in [7, 11) is 0. The lowest BCUT2D eigenvalue weighted by atomic mass is 9.77. The second kappa shape index (κ2) is 5.89. The summed E-state index contributed by atoms with van der Waals surface area (Å²) in [4.78, 5) is 8.87. The molecule has 0 aromatic carbocycles.